The first-order valence-corrected chi connectivity index (χ1v) is 6.01. The number of esters is 1. The maximum atomic E-state index is 12.1. The number of amides is 1. The molecule has 0 aliphatic rings. The zero-order chi connectivity index (χ0) is 14.5. The summed E-state index contributed by atoms with van der Waals surface area (Å²) >= 11 is 0. The molecule has 19 heavy (non-hydrogen) atoms. The van der Waals surface area contributed by atoms with E-state index in [0.717, 1.165) is 5.56 Å². The minimum absolute atomic E-state index is 0.303. The smallest absolute Gasteiger partial charge is 0.331 e. The summed E-state index contributed by atoms with van der Waals surface area (Å²) < 4.78 is 4.72. The van der Waals surface area contributed by atoms with E-state index in [1.165, 1.54) is 7.11 Å². The molecule has 0 radical (unpaired) electrons. The molecule has 1 N–H and O–H groups in total. The molecule has 0 spiro atoms. The molecule has 0 bridgehead atoms. The monoisotopic (exact) mass is 261 g/mol. The van der Waals surface area contributed by atoms with Gasteiger partial charge in [0.1, 0.15) is 5.54 Å². The first kappa shape index (κ1) is 15.0. The number of nitrogens with one attached hydrogen (secondary N) is 1. The lowest BCUT2D eigenvalue weighted by atomic mass is 9.97. The fraction of sp³-hybridized carbons (Fsp3) is 0.333. The topological polar surface area (TPSA) is 55.4 Å². The first-order chi connectivity index (χ1) is 8.92. The second-order valence-electron chi connectivity index (χ2n) is 4.64. The quantitative estimate of drug-likeness (QED) is 0.653. The Balaban J connectivity index is 2.90. The number of hydrogen-bond acceptors (Lipinski definition) is 3. The van der Waals surface area contributed by atoms with Gasteiger partial charge in [-0.25, -0.2) is 4.79 Å². The van der Waals surface area contributed by atoms with Crippen LogP contribution in [0.15, 0.2) is 36.9 Å². The second kappa shape index (κ2) is 6.18. The molecule has 0 aliphatic carbocycles. The Kier molecular flexibility index (Phi) is 4.87. The van der Waals surface area contributed by atoms with Gasteiger partial charge in [0.05, 0.1) is 7.11 Å². The Labute approximate surface area is 113 Å². The number of aryl methyl sites for hydroxylation is 1. The summed E-state index contributed by atoms with van der Waals surface area (Å²) in [4.78, 5) is 23.9. The van der Waals surface area contributed by atoms with Crippen molar-refractivity contribution in [3.8, 4) is 0 Å². The number of benzene rings is 1. The highest BCUT2D eigenvalue weighted by Crippen LogP contribution is 2.14. The molecule has 4 heteroatoms. The predicted octanol–water partition coefficient (Wildman–Crippen LogP) is 2.23. The van der Waals surface area contributed by atoms with Gasteiger partial charge in [0.15, 0.2) is 0 Å². The number of rotatable bonds is 5. The van der Waals surface area contributed by atoms with Crippen LogP contribution >= 0.6 is 0 Å². The van der Waals surface area contributed by atoms with Crippen LogP contribution < -0.4 is 5.32 Å². The highest BCUT2D eigenvalue weighted by molar-refractivity contribution is 5.98. The third-order valence-corrected chi connectivity index (χ3v) is 2.89. The van der Waals surface area contributed by atoms with Crippen LogP contribution in [0.2, 0.25) is 0 Å². The molecule has 0 fully saturated rings. The normalized spacial score (nSPS) is 13.2. The largest absolute Gasteiger partial charge is 0.467 e. The molecule has 0 heterocycles. The SMILES string of the molecule is C=CCC(C)(NC(=O)c1ccc(C)cc1)C(=O)OC. The van der Waals surface area contributed by atoms with Gasteiger partial charge in [-0.15, -0.1) is 6.58 Å². The summed E-state index contributed by atoms with van der Waals surface area (Å²) in [6, 6.07) is 7.13. The van der Waals surface area contributed by atoms with Crippen molar-refractivity contribution in [3.05, 3.63) is 48.0 Å². The summed E-state index contributed by atoms with van der Waals surface area (Å²) in [5, 5.41) is 2.70. The molecule has 102 valence electrons. The van der Waals surface area contributed by atoms with E-state index in [-0.39, 0.29) is 5.91 Å². The summed E-state index contributed by atoms with van der Waals surface area (Å²) in [6.07, 6.45) is 1.88. The average molecular weight is 261 g/mol. The Morgan fingerprint density at radius 1 is 1.37 bits per heavy atom. The molecule has 0 saturated carbocycles. The van der Waals surface area contributed by atoms with Crippen molar-refractivity contribution in [2.75, 3.05) is 7.11 Å². The van der Waals surface area contributed by atoms with Crippen molar-refractivity contribution in [2.24, 2.45) is 0 Å². The molecule has 1 atom stereocenters. The van der Waals surface area contributed by atoms with Gasteiger partial charge in [-0.3, -0.25) is 4.79 Å². The Bertz CT molecular complexity index is 479. The molecule has 0 saturated heterocycles. The van der Waals surface area contributed by atoms with E-state index < -0.39 is 11.5 Å². The van der Waals surface area contributed by atoms with Gasteiger partial charge in [0, 0.05) is 5.56 Å². The van der Waals surface area contributed by atoms with Gasteiger partial charge >= 0.3 is 5.97 Å². The maximum absolute atomic E-state index is 12.1. The minimum Gasteiger partial charge on any atom is -0.467 e. The molecular weight excluding hydrogens is 242 g/mol. The van der Waals surface area contributed by atoms with Crippen LogP contribution in [0.25, 0.3) is 0 Å². The van der Waals surface area contributed by atoms with Crippen molar-refractivity contribution in [3.63, 3.8) is 0 Å². The number of carbonyl (C=O) groups is 2. The Hall–Kier alpha value is -2.10. The highest BCUT2D eigenvalue weighted by atomic mass is 16.5. The van der Waals surface area contributed by atoms with Crippen LogP contribution in [0.4, 0.5) is 0 Å². The van der Waals surface area contributed by atoms with Gasteiger partial charge in [-0.1, -0.05) is 23.8 Å². The second-order valence-corrected chi connectivity index (χ2v) is 4.64. The highest BCUT2D eigenvalue weighted by Gasteiger charge is 2.34. The number of hydrogen-bond donors (Lipinski definition) is 1. The number of methoxy groups -OCH3 is 1. The summed E-state index contributed by atoms with van der Waals surface area (Å²) in [5.74, 6) is -0.803. The van der Waals surface area contributed by atoms with Crippen LogP contribution in [-0.2, 0) is 9.53 Å². The van der Waals surface area contributed by atoms with E-state index in [0.29, 0.717) is 12.0 Å². The minimum atomic E-state index is -1.10. The molecule has 1 aromatic rings. The Morgan fingerprint density at radius 3 is 2.42 bits per heavy atom. The lowest BCUT2D eigenvalue weighted by Crippen LogP contribution is -2.52. The van der Waals surface area contributed by atoms with E-state index in [1.54, 1.807) is 25.1 Å². The number of ether oxygens (including phenoxy) is 1. The van der Waals surface area contributed by atoms with Crippen molar-refractivity contribution < 1.29 is 14.3 Å². The van der Waals surface area contributed by atoms with E-state index in [4.69, 9.17) is 4.74 Å². The number of carbonyl (C=O) groups excluding carboxylic acids is 2. The third-order valence-electron chi connectivity index (χ3n) is 2.89. The van der Waals surface area contributed by atoms with Gasteiger partial charge in [-0.05, 0) is 32.4 Å². The van der Waals surface area contributed by atoms with E-state index >= 15 is 0 Å². The fourth-order valence-electron chi connectivity index (χ4n) is 1.73. The average Bonchev–Trinajstić information content (AvgIpc) is 2.38. The molecule has 1 unspecified atom stereocenters. The molecule has 1 rings (SSSR count). The summed E-state index contributed by atoms with van der Waals surface area (Å²) in [5.41, 5.74) is 0.474. The van der Waals surface area contributed by atoms with Gasteiger partial charge in [0.25, 0.3) is 5.91 Å². The molecule has 1 amide bonds. The third kappa shape index (κ3) is 3.68. The zero-order valence-electron chi connectivity index (χ0n) is 11.5. The van der Waals surface area contributed by atoms with Crippen molar-refractivity contribution in [2.45, 2.75) is 25.8 Å². The van der Waals surface area contributed by atoms with Crippen molar-refractivity contribution in [1.29, 1.82) is 0 Å². The zero-order valence-corrected chi connectivity index (χ0v) is 11.5. The molecule has 0 aliphatic heterocycles. The fourth-order valence-corrected chi connectivity index (χ4v) is 1.73. The molecular formula is C15H19NO3. The van der Waals surface area contributed by atoms with Crippen molar-refractivity contribution >= 4 is 11.9 Å². The Morgan fingerprint density at radius 2 is 1.95 bits per heavy atom. The van der Waals surface area contributed by atoms with Crippen LogP contribution in [-0.4, -0.2) is 24.5 Å². The standard InChI is InChI=1S/C15H19NO3/c1-5-10-15(3,14(18)19-4)16-13(17)12-8-6-11(2)7-9-12/h5-9H,1,10H2,2-4H3,(H,16,17). The lowest BCUT2D eigenvalue weighted by molar-refractivity contribution is -0.147. The molecule has 4 nitrogen and oxygen atoms in total. The first-order valence-electron chi connectivity index (χ1n) is 6.01. The molecule has 0 aromatic heterocycles. The summed E-state index contributed by atoms with van der Waals surface area (Å²) in [6.45, 7) is 7.16. The molecule has 1 aromatic carbocycles. The summed E-state index contributed by atoms with van der Waals surface area (Å²) in [7, 11) is 1.29. The van der Waals surface area contributed by atoms with Crippen LogP contribution in [0.3, 0.4) is 0 Å². The van der Waals surface area contributed by atoms with Crippen LogP contribution in [0.1, 0.15) is 29.3 Å². The van der Waals surface area contributed by atoms with Crippen LogP contribution in [0.5, 0.6) is 0 Å². The maximum Gasteiger partial charge on any atom is 0.331 e. The van der Waals surface area contributed by atoms with Gasteiger partial charge in [-0.2, -0.15) is 0 Å². The van der Waals surface area contributed by atoms with E-state index in [9.17, 15) is 9.59 Å². The van der Waals surface area contributed by atoms with Gasteiger partial charge in [0.2, 0.25) is 0 Å². The van der Waals surface area contributed by atoms with Gasteiger partial charge < -0.3 is 10.1 Å². The van der Waals surface area contributed by atoms with Crippen LogP contribution in [0, 0.1) is 6.92 Å². The van der Waals surface area contributed by atoms with Crippen molar-refractivity contribution in [1.82, 2.24) is 5.32 Å². The van der Waals surface area contributed by atoms with E-state index in [2.05, 4.69) is 11.9 Å². The predicted molar refractivity (Wildman–Crippen MR) is 73.9 cm³/mol. The lowest BCUT2D eigenvalue weighted by Gasteiger charge is -2.26. The van der Waals surface area contributed by atoms with E-state index in [1.807, 2.05) is 19.1 Å².